The first-order valence-corrected chi connectivity index (χ1v) is 9.30. The summed E-state index contributed by atoms with van der Waals surface area (Å²) in [6.07, 6.45) is 9.01. The normalized spacial score (nSPS) is 26.7. The van der Waals surface area contributed by atoms with E-state index in [1.165, 1.54) is 25.7 Å². The molecule has 0 radical (unpaired) electrons. The average molecular weight is 340 g/mol. The van der Waals surface area contributed by atoms with Crippen LogP contribution in [0.3, 0.4) is 0 Å². The van der Waals surface area contributed by atoms with Gasteiger partial charge in [-0.2, -0.15) is 0 Å². The summed E-state index contributed by atoms with van der Waals surface area (Å²) in [5, 5.41) is 12.8. The molecule has 24 heavy (non-hydrogen) atoms. The molecule has 0 spiro atoms. The molecule has 2 fully saturated rings. The number of aliphatic carboxylic acids is 1. The number of hydrogen-bond acceptors (Lipinski definition) is 4. The van der Waals surface area contributed by atoms with E-state index in [2.05, 4.69) is 5.32 Å². The molecule has 1 atom stereocenters. The van der Waals surface area contributed by atoms with Crippen LogP contribution in [0, 0.1) is 5.41 Å². The Morgan fingerprint density at radius 1 is 1.21 bits per heavy atom. The lowest BCUT2D eigenvalue weighted by molar-refractivity contribution is -0.154. The van der Waals surface area contributed by atoms with Crippen LogP contribution in [-0.2, 0) is 14.3 Å². The van der Waals surface area contributed by atoms with Crippen LogP contribution in [0.15, 0.2) is 0 Å². The first-order valence-electron chi connectivity index (χ1n) is 9.30. The van der Waals surface area contributed by atoms with Crippen molar-refractivity contribution in [2.45, 2.75) is 63.8 Å². The van der Waals surface area contributed by atoms with Gasteiger partial charge < -0.3 is 15.2 Å². The van der Waals surface area contributed by atoms with Crippen molar-refractivity contribution < 1.29 is 19.4 Å². The van der Waals surface area contributed by atoms with E-state index in [1.807, 2.05) is 4.90 Å². The second-order valence-corrected chi connectivity index (χ2v) is 7.40. The lowest BCUT2D eigenvalue weighted by Crippen LogP contribution is -2.51. The van der Waals surface area contributed by atoms with E-state index in [9.17, 15) is 14.7 Å². The Labute approximate surface area is 144 Å². The number of piperidine rings is 1. The molecule has 2 aliphatic rings. The number of hydrogen-bond donors (Lipinski definition) is 2. The second-order valence-electron chi connectivity index (χ2n) is 7.40. The molecule has 1 saturated heterocycles. The van der Waals surface area contributed by atoms with E-state index in [1.54, 1.807) is 7.11 Å². The maximum atomic E-state index is 12.4. The summed E-state index contributed by atoms with van der Waals surface area (Å²) >= 11 is 0. The maximum absolute atomic E-state index is 12.4. The summed E-state index contributed by atoms with van der Waals surface area (Å²) in [6, 6.07) is 0.294. The number of carbonyl (C=O) groups excluding carboxylic acids is 1. The van der Waals surface area contributed by atoms with Gasteiger partial charge in [0.05, 0.1) is 12.0 Å². The molecule has 0 unspecified atom stereocenters. The Bertz CT molecular complexity index is 421. The topological polar surface area (TPSA) is 78.9 Å². The molecule has 6 nitrogen and oxygen atoms in total. The highest BCUT2D eigenvalue weighted by Gasteiger charge is 2.42. The fraction of sp³-hybridized carbons (Fsp3) is 0.889. The molecule has 2 rings (SSSR count). The molecule has 0 bridgehead atoms. The van der Waals surface area contributed by atoms with E-state index in [0.29, 0.717) is 38.6 Å². The molecule has 0 aromatic heterocycles. The number of nitrogens with one attached hydrogen (secondary N) is 1. The number of carboxylic acids is 1. The number of carboxylic acid groups (broad SMARTS) is 1. The van der Waals surface area contributed by atoms with Crippen LogP contribution < -0.4 is 5.32 Å². The monoisotopic (exact) mass is 340 g/mol. The van der Waals surface area contributed by atoms with Gasteiger partial charge in [0.2, 0.25) is 5.91 Å². The highest BCUT2D eigenvalue weighted by atomic mass is 16.5. The molecule has 1 aliphatic heterocycles. The Hall–Kier alpha value is -1.14. The summed E-state index contributed by atoms with van der Waals surface area (Å²) in [4.78, 5) is 26.1. The Balaban J connectivity index is 1.86. The van der Waals surface area contributed by atoms with Crippen molar-refractivity contribution >= 4 is 11.9 Å². The van der Waals surface area contributed by atoms with Gasteiger partial charge in [0.15, 0.2) is 0 Å². The van der Waals surface area contributed by atoms with Gasteiger partial charge >= 0.3 is 5.97 Å². The van der Waals surface area contributed by atoms with Crippen LogP contribution in [0.2, 0.25) is 0 Å². The fourth-order valence-corrected chi connectivity index (χ4v) is 4.05. The van der Waals surface area contributed by atoms with Crippen LogP contribution in [0.5, 0.6) is 0 Å². The lowest BCUT2D eigenvalue weighted by atomic mass is 9.77. The molecule has 6 heteroatoms. The van der Waals surface area contributed by atoms with Crippen molar-refractivity contribution in [1.29, 1.82) is 0 Å². The Kier molecular flexibility index (Phi) is 7.49. The van der Waals surface area contributed by atoms with E-state index in [-0.39, 0.29) is 5.91 Å². The molecule has 0 aromatic carbocycles. The minimum atomic E-state index is -0.781. The highest BCUT2D eigenvalue weighted by Crippen LogP contribution is 2.33. The second kappa shape index (κ2) is 9.37. The predicted molar refractivity (Wildman–Crippen MR) is 91.9 cm³/mol. The largest absolute Gasteiger partial charge is 0.481 e. The third-order valence-corrected chi connectivity index (χ3v) is 5.48. The third kappa shape index (κ3) is 5.45. The van der Waals surface area contributed by atoms with Crippen LogP contribution in [0.4, 0.5) is 0 Å². The quantitative estimate of drug-likeness (QED) is 0.693. The van der Waals surface area contributed by atoms with Crippen LogP contribution in [-0.4, -0.2) is 61.3 Å². The van der Waals surface area contributed by atoms with Crippen molar-refractivity contribution in [2.75, 3.05) is 33.4 Å². The molecule has 1 amide bonds. The number of methoxy groups -OCH3 is 1. The standard InChI is InChI=1S/C18H32N2O4/c1-24-12-10-18(17(22)23)9-6-11-20(14-18)13-16(21)19-15-7-4-2-3-5-8-15/h15H,2-14H2,1H3,(H,19,21)(H,22,23)/t18-/m0/s1. The number of likely N-dealkylation sites (tertiary alicyclic amines) is 1. The number of carbonyl (C=O) groups is 2. The zero-order valence-electron chi connectivity index (χ0n) is 14.9. The SMILES string of the molecule is COCC[C@@]1(C(=O)O)CCCN(CC(=O)NC2CCCCCC2)C1. The van der Waals surface area contributed by atoms with E-state index in [4.69, 9.17) is 4.74 Å². The van der Waals surface area contributed by atoms with Gasteiger partial charge in [-0.15, -0.1) is 0 Å². The smallest absolute Gasteiger partial charge is 0.311 e. The van der Waals surface area contributed by atoms with E-state index >= 15 is 0 Å². The van der Waals surface area contributed by atoms with Crippen LogP contribution in [0.25, 0.3) is 0 Å². The molecular formula is C18H32N2O4. The van der Waals surface area contributed by atoms with E-state index < -0.39 is 11.4 Å². The van der Waals surface area contributed by atoms with Gasteiger partial charge in [0, 0.05) is 26.3 Å². The van der Waals surface area contributed by atoms with Gasteiger partial charge in [-0.05, 0) is 38.6 Å². The summed E-state index contributed by atoms with van der Waals surface area (Å²) in [5.41, 5.74) is -0.781. The van der Waals surface area contributed by atoms with Crippen molar-refractivity contribution in [3.8, 4) is 0 Å². The number of rotatable bonds is 7. The molecule has 1 saturated carbocycles. The van der Waals surface area contributed by atoms with Gasteiger partial charge in [0.1, 0.15) is 0 Å². The van der Waals surface area contributed by atoms with Crippen molar-refractivity contribution in [3.63, 3.8) is 0 Å². The van der Waals surface area contributed by atoms with Crippen molar-refractivity contribution in [1.82, 2.24) is 10.2 Å². The zero-order chi connectivity index (χ0) is 17.4. The summed E-state index contributed by atoms with van der Waals surface area (Å²) in [6.45, 7) is 1.97. The van der Waals surface area contributed by atoms with Gasteiger partial charge in [-0.3, -0.25) is 14.5 Å². The van der Waals surface area contributed by atoms with Crippen molar-refractivity contribution in [3.05, 3.63) is 0 Å². The van der Waals surface area contributed by atoms with E-state index in [0.717, 1.165) is 25.8 Å². The average Bonchev–Trinajstić information content (AvgIpc) is 2.81. The number of nitrogens with zero attached hydrogens (tertiary/aromatic N) is 1. The Morgan fingerprint density at radius 2 is 1.92 bits per heavy atom. The van der Waals surface area contributed by atoms with Gasteiger partial charge in [-0.1, -0.05) is 25.7 Å². The number of amides is 1. The lowest BCUT2D eigenvalue weighted by Gasteiger charge is -2.39. The maximum Gasteiger partial charge on any atom is 0.311 e. The summed E-state index contributed by atoms with van der Waals surface area (Å²) in [5.74, 6) is -0.733. The Morgan fingerprint density at radius 3 is 2.54 bits per heavy atom. The molecule has 2 N–H and O–H groups in total. The minimum absolute atomic E-state index is 0.0369. The van der Waals surface area contributed by atoms with Crippen LogP contribution in [0.1, 0.15) is 57.8 Å². The first-order chi connectivity index (χ1) is 11.6. The van der Waals surface area contributed by atoms with Gasteiger partial charge in [0.25, 0.3) is 0 Å². The molecule has 1 heterocycles. The molecule has 138 valence electrons. The summed E-state index contributed by atoms with van der Waals surface area (Å²) < 4.78 is 5.09. The minimum Gasteiger partial charge on any atom is -0.481 e. The molecule has 0 aromatic rings. The van der Waals surface area contributed by atoms with Gasteiger partial charge in [-0.25, -0.2) is 0 Å². The molecule has 1 aliphatic carbocycles. The van der Waals surface area contributed by atoms with Crippen LogP contribution >= 0.6 is 0 Å². The predicted octanol–water partition coefficient (Wildman–Crippen LogP) is 2.03. The fourth-order valence-electron chi connectivity index (χ4n) is 4.05. The highest BCUT2D eigenvalue weighted by molar-refractivity contribution is 5.79. The first kappa shape index (κ1) is 19.2. The summed E-state index contributed by atoms with van der Waals surface area (Å²) in [7, 11) is 1.59. The van der Waals surface area contributed by atoms with Crippen molar-refractivity contribution in [2.24, 2.45) is 5.41 Å². The number of ether oxygens (including phenoxy) is 1. The third-order valence-electron chi connectivity index (χ3n) is 5.48. The zero-order valence-corrected chi connectivity index (χ0v) is 14.9. The molecular weight excluding hydrogens is 308 g/mol.